The number of rotatable bonds is 8. The van der Waals surface area contributed by atoms with E-state index in [2.05, 4.69) is 251 Å². The molecule has 0 radical (unpaired) electrons. The van der Waals surface area contributed by atoms with Gasteiger partial charge >= 0.3 is 0 Å². The minimum absolute atomic E-state index is 0.424. The number of hydrogen-bond donors (Lipinski definition) is 1. The maximum Gasteiger partial charge on any atom is 0.0637 e. The van der Waals surface area contributed by atoms with Crippen LogP contribution in [0.15, 0.2) is 252 Å². The quantitative estimate of drug-likeness (QED) is 0.122. The summed E-state index contributed by atoms with van der Waals surface area (Å²) in [6.07, 6.45) is 25.2. The number of para-hydroxylation sites is 1. The summed E-state index contributed by atoms with van der Waals surface area (Å²) in [5.41, 5.74) is 15.1. The van der Waals surface area contributed by atoms with Crippen LogP contribution in [0.3, 0.4) is 0 Å². The third kappa shape index (κ3) is 10.4. The second-order valence-electron chi connectivity index (χ2n) is 14.3. The number of allylic oxidation sites excluding steroid dienone is 11. The van der Waals surface area contributed by atoms with Crippen LogP contribution in [0.1, 0.15) is 47.2 Å². The fourth-order valence-corrected chi connectivity index (χ4v) is 7.90. The standard InChI is InChI=1S/C52H44N2.C3H6.2C2H4/c1-3-19-39(2)48-38-41(28-32-50(48)53-46-26-15-6-16-27-46)40-29-33-51-43(36-40)21-10-8-18-35-54(51)47-30-31-49-42(37-47)20-9-7-17-34-52(49,44-22-11-4-12-23-44)45-24-13-5-14-25-45;1-3-2;2*1-2/h3-19,22-38,53H,1,20-21H2,2H3;3H,1H2,2H3;2*1-2H2/b9-7-,10-8-,34-17-,35-18-,39-19+;;;. The lowest BCUT2D eigenvalue weighted by molar-refractivity contribution is 0.765. The van der Waals surface area contributed by atoms with Crippen molar-refractivity contribution in [3.8, 4) is 11.1 Å². The molecule has 61 heavy (non-hydrogen) atoms. The van der Waals surface area contributed by atoms with Crippen molar-refractivity contribution in [1.29, 1.82) is 0 Å². The number of hydrogen-bond acceptors (Lipinski definition) is 2. The summed E-state index contributed by atoms with van der Waals surface area (Å²) >= 11 is 0. The Morgan fingerprint density at radius 2 is 1.20 bits per heavy atom. The second-order valence-corrected chi connectivity index (χ2v) is 14.3. The highest BCUT2D eigenvalue weighted by Crippen LogP contribution is 2.45. The number of nitrogens with zero attached hydrogens (tertiary/aromatic N) is 1. The molecule has 1 heterocycles. The lowest BCUT2D eigenvalue weighted by Gasteiger charge is -2.36. The summed E-state index contributed by atoms with van der Waals surface area (Å²) in [6.45, 7) is 23.4. The predicted molar refractivity (Wildman–Crippen MR) is 269 cm³/mol. The topological polar surface area (TPSA) is 15.3 Å². The molecule has 304 valence electrons. The van der Waals surface area contributed by atoms with Crippen molar-refractivity contribution in [1.82, 2.24) is 0 Å². The van der Waals surface area contributed by atoms with Gasteiger partial charge in [-0.2, -0.15) is 0 Å². The predicted octanol–water partition coefficient (Wildman–Crippen LogP) is 16.3. The van der Waals surface area contributed by atoms with Crippen molar-refractivity contribution < 1.29 is 0 Å². The van der Waals surface area contributed by atoms with Crippen molar-refractivity contribution in [2.75, 3.05) is 10.2 Å². The third-order valence-electron chi connectivity index (χ3n) is 10.5. The highest BCUT2D eigenvalue weighted by Gasteiger charge is 2.36. The van der Waals surface area contributed by atoms with Gasteiger partial charge in [0.25, 0.3) is 0 Å². The van der Waals surface area contributed by atoms with Crippen LogP contribution in [-0.4, -0.2) is 0 Å². The molecule has 0 saturated heterocycles. The molecule has 8 rings (SSSR count). The fraction of sp³-hybridized carbons (Fsp3) is 0.0847. The zero-order valence-corrected chi connectivity index (χ0v) is 35.8. The Kier molecular flexibility index (Phi) is 16.6. The molecular weight excluding hydrogens is 737 g/mol. The minimum atomic E-state index is -0.424. The highest BCUT2D eigenvalue weighted by atomic mass is 15.1. The summed E-state index contributed by atoms with van der Waals surface area (Å²) in [7, 11) is 0. The highest BCUT2D eigenvalue weighted by molar-refractivity contribution is 5.84. The Hall–Kier alpha value is -7.42. The van der Waals surface area contributed by atoms with Crippen LogP contribution < -0.4 is 10.2 Å². The Morgan fingerprint density at radius 3 is 1.84 bits per heavy atom. The van der Waals surface area contributed by atoms with Crippen LogP contribution >= 0.6 is 0 Å². The van der Waals surface area contributed by atoms with E-state index in [1.807, 2.05) is 19.1 Å². The molecule has 0 bridgehead atoms. The van der Waals surface area contributed by atoms with Gasteiger partial charge in [0.05, 0.1) is 5.41 Å². The normalized spacial score (nSPS) is 15.4. The van der Waals surface area contributed by atoms with Crippen LogP contribution in [0.4, 0.5) is 22.7 Å². The van der Waals surface area contributed by atoms with E-state index in [0.29, 0.717) is 0 Å². The fourth-order valence-electron chi connectivity index (χ4n) is 7.90. The van der Waals surface area contributed by atoms with Gasteiger partial charge in [-0.15, -0.1) is 32.9 Å². The molecule has 2 nitrogen and oxygen atoms in total. The summed E-state index contributed by atoms with van der Waals surface area (Å²) in [4.78, 5) is 2.35. The van der Waals surface area contributed by atoms with E-state index in [-0.39, 0.29) is 0 Å². The molecule has 6 aromatic rings. The first-order chi connectivity index (χ1) is 30.0. The molecule has 0 saturated carbocycles. The van der Waals surface area contributed by atoms with E-state index in [1.54, 1.807) is 6.08 Å². The summed E-state index contributed by atoms with van der Waals surface area (Å²) in [5.74, 6) is 0. The van der Waals surface area contributed by atoms with Crippen LogP contribution in [0.2, 0.25) is 0 Å². The molecule has 0 fully saturated rings. The van der Waals surface area contributed by atoms with Gasteiger partial charge in [-0.05, 0) is 126 Å². The molecule has 1 aliphatic heterocycles. The van der Waals surface area contributed by atoms with Gasteiger partial charge in [0.2, 0.25) is 0 Å². The molecule has 6 aromatic carbocycles. The Labute approximate surface area is 365 Å². The molecule has 0 atom stereocenters. The average molecular weight is 795 g/mol. The molecule has 2 heteroatoms. The number of anilines is 4. The van der Waals surface area contributed by atoms with E-state index in [0.717, 1.165) is 41.0 Å². The molecular formula is C59H58N2. The van der Waals surface area contributed by atoms with Crippen LogP contribution in [-0.2, 0) is 18.3 Å². The van der Waals surface area contributed by atoms with Gasteiger partial charge in [-0.25, -0.2) is 0 Å². The summed E-state index contributed by atoms with van der Waals surface area (Å²) < 4.78 is 0. The minimum Gasteiger partial charge on any atom is -0.355 e. The van der Waals surface area contributed by atoms with Crippen LogP contribution in [0.25, 0.3) is 16.7 Å². The van der Waals surface area contributed by atoms with E-state index in [1.165, 1.54) is 44.6 Å². The first-order valence-corrected chi connectivity index (χ1v) is 20.7. The Morgan fingerprint density at radius 1 is 0.623 bits per heavy atom. The maximum absolute atomic E-state index is 3.96. The first kappa shape index (κ1) is 44.7. The van der Waals surface area contributed by atoms with E-state index < -0.39 is 5.41 Å². The molecule has 0 spiro atoms. The molecule has 1 N–H and O–H groups in total. The van der Waals surface area contributed by atoms with Crippen molar-refractivity contribution in [2.24, 2.45) is 0 Å². The average Bonchev–Trinajstić information content (AvgIpc) is 3.30. The second kappa shape index (κ2) is 22.7. The Bertz CT molecular complexity index is 2470. The van der Waals surface area contributed by atoms with Crippen LogP contribution in [0, 0.1) is 0 Å². The van der Waals surface area contributed by atoms with Gasteiger partial charge in [0.15, 0.2) is 0 Å². The number of nitrogens with one attached hydrogen (secondary N) is 1. The number of benzene rings is 6. The van der Waals surface area contributed by atoms with Gasteiger partial charge in [-0.3, -0.25) is 0 Å². The molecule has 1 aliphatic carbocycles. The third-order valence-corrected chi connectivity index (χ3v) is 10.5. The lowest BCUT2D eigenvalue weighted by atomic mass is 9.67. The molecule has 2 aliphatic rings. The van der Waals surface area contributed by atoms with Crippen molar-refractivity contribution in [2.45, 2.75) is 32.1 Å². The maximum atomic E-state index is 3.96. The lowest BCUT2D eigenvalue weighted by Crippen LogP contribution is -2.29. The summed E-state index contributed by atoms with van der Waals surface area (Å²) in [6, 6.07) is 52.8. The van der Waals surface area contributed by atoms with Gasteiger partial charge in [0, 0.05) is 34.5 Å². The SMILES string of the molecule is C=C.C=C.C=C/C=C(\C)c1cc(-c2ccc3c(c2)C/C=C\C=C/N3c2ccc3c(c2)C/C=C\C=C/C3(c2ccccc2)c2ccccc2)ccc1Nc1ccccc1.C=CC. The van der Waals surface area contributed by atoms with Crippen molar-refractivity contribution in [3.63, 3.8) is 0 Å². The van der Waals surface area contributed by atoms with E-state index in [4.69, 9.17) is 0 Å². The molecule has 0 amide bonds. The zero-order chi connectivity index (χ0) is 43.5. The zero-order valence-electron chi connectivity index (χ0n) is 35.8. The smallest absolute Gasteiger partial charge is 0.0637 e. The monoisotopic (exact) mass is 794 g/mol. The molecule has 0 unspecified atom stereocenters. The van der Waals surface area contributed by atoms with E-state index >= 15 is 0 Å². The first-order valence-electron chi connectivity index (χ1n) is 20.7. The largest absolute Gasteiger partial charge is 0.355 e. The van der Waals surface area contributed by atoms with Crippen molar-refractivity contribution >= 4 is 28.3 Å². The summed E-state index contributed by atoms with van der Waals surface area (Å²) in [5, 5.41) is 3.63. The van der Waals surface area contributed by atoms with Crippen LogP contribution in [0.5, 0.6) is 0 Å². The molecule has 0 aromatic heterocycles. The Balaban J connectivity index is 0.000000951. The number of fused-ring (bicyclic) bond motifs is 2. The van der Waals surface area contributed by atoms with Gasteiger partial charge < -0.3 is 10.2 Å². The van der Waals surface area contributed by atoms with Crippen molar-refractivity contribution in [3.05, 3.63) is 285 Å². The van der Waals surface area contributed by atoms with Gasteiger partial charge in [-0.1, -0.05) is 158 Å². The van der Waals surface area contributed by atoms with E-state index in [9.17, 15) is 0 Å². The van der Waals surface area contributed by atoms with Gasteiger partial charge in [0.1, 0.15) is 0 Å².